The van der Waals surface area contributed by atoms with Crippen LogP contribution >= 0.6 is 0 Å². The molecule has 2 aromatic carbocycles. The quantitative estimate of drug-likeness (QED) is 0.555. The van der Waals surface area contributed by atoms with Crippen LogP contribution < -0.4 is 10.0 Å². The molecule has 0 saturated heterocycles. The van der Waals surface area contributed by atoms with E-state index in [1.165, 1.54) is 0 Å². The zero-order chi connectivity index (χ0) is 22.8. The van der Waals surface area contributed by atoms with Gasteiger partial charge in [-0.05, 0) is 58.0 Å². The number of aromatic nitrogens is 2. The number of nitrogens with zero attached hydrogens (tertiary/aromatic N) is 2. The Bertz CT molecular complexity index is 1200. The van der Waals surface area contributed by atoms with Crippen molar-refractivity contribution in [2.24, 2.45) is 0 Å². The fourth-order valence-electron chi connectivity index (χ4n) is 3.45. The maximum absolute atomic E-state index is 14.2. The maximum atomic E-state index is 14.2. The lowest BCUT2D eigenvalue weighted by atomic mass is 10.2. The fraction of sp³-hybridized carbons (Fsp3) is 0.364. The molecule has 0 radical (unpaired) electrons. The Kier molecular flexibility index (Phi) is 6.76. The lowest BCUT2D eigenvalue weighted by molar-refractivity contribution is 0.0949. The first-order valence-corrected chi connectivity index (χ1v) is 11.6. The number of carbonyl (C=O) groups excluding carboxylic acids is 1. The minimum atomic E-state index is -3.84. The van der Waals surface area contributed by atoms with Gasteiger partial charge in [0.05, 0.1) is 21.5 Å². The minimum Gasteiger partial charge on any atom is -0.351 e. The van der Waals surface area contributed by atoms with Gasteiger partial charge < -0.3 is 9.88 Å². The summed E-state index contributed by atoms with van der Waals surface area (Å²) in [6.45, 7) is 7.71. The molecule has 0 aliphatic carbocycles. The predicted octanol–water partition coefficient (Wildman–Crippen LogP) is 3.42. The number of carbonyl (C=O) groups is 1. The maximum Gasteiger partial charge on any atom is 0.254 e. The van der Waals surface area contributed by atoms with Gasteiger partial charge in [0, 0.05) is 25.0 Å². The molecule has 7 nitrogen and oxygen atoms in total. The third-order valence-electron chi connectivity index (χ3n) is 4.70. The van der Waals surface area contributed by atoms with Gasteiger partial charge in [-0.25, -0.2) is 22.5 Å². The largest absolute Gasteiger partial charge is 0.351 e. The van der Waals surface area contributed by atoms with Crippen molar-refractivity contribution in [3.63, 3.8) is 0 Å². The summed E-state index contributed by atoms with van der Waals surface area (Å²) in [6, 6.07) is 10.8. The molecule has 0 unspecified atom stereocenters. The Morgan fingerprint density at radius 3 is 2.52 bits per heavy atom. The number of fused-ring (bicyclic) bond motifs is 1. The molecule has 2 N–H and O–H groups in total. The van der Waals surface area contributed by atoms with Crippen LogP contribution in [0.3, 0.4) is 0 Å². The summed E-state index contributed by atoms with van der Waals surface area (Å²) >= 11 is 0. The summed E-state index contributed by atoms with van der Waals surface area (Å²) in [5.74, 6) is -0.642. The number of para-hydroxylation sites is 2. The van der Waals surface area contributed by atoms with Crippen molar-refractivity contribution in [2.45, 2.75) is 51.1 Å². The zero-order valence-corrected chi connectivity index (χ0v) is 18.8. The van der Waals surface area contributed by atoms with E-state index >= 15 is 0 Å². The van der Waals surface area contributed by atoms with E-state index in [2.05, 4.69) is 33.4 Å². The van der Waals surface area contributed by atoms with Gasteiger partial charge in [0.2, 0.25) is 10.0 Å². The highest BCUT2D eigenvalue weighted by Gasteiger charge is 2.20. The number of imidazole rings is 1. The van der Waals surface area contributed by atoms with Crippen molar-refractivity contribution in [3.05, 3.63) is 59.7 Å². The van der Waals surface area contributed by atoms with E-state index in [1.807, 2.05) is 24.3 Å². The molecule has 0 aliphatic heterocycles. The van der Waals surface area contributed by atoms with E-state index in [-0.39, 0.29) is 29.1 Å². The van der Waals surface area contributed by atoms with E-state index in [4.69, 9.17) is 0 Å². The van der Waals surface area contributed by atoms with E-state index in [0.717, 1.165) is 35.1 Å². The van der Waals surface area contributed by atoms with Crippen LogP contribution in [0.25, 0.3) is 11.0 Å². The molecular formula is C22H27FN4O3S. The number of sulfonamides is 1. The summed E-state index contributed by atoms with van der Waals surface area (Å²) in [4.78, 5) is 17.0. The molecule has 0 aliphatic rings. The molecule has 166 valence electrons. The molecule has 0 atom stereocenters. The van der Waals surface area contributed by atoms with E-state index in [1.54, 1.807) is 13.8 Å². The van der Waals surface area contributed by atoms with E-state index < -0.39 is 21.7 Å². The van der Waals surface area contributed by atoms with Gasteiger partial charge in [0.1, 0.15) is 11.6 Å². The molecule has 0 spiro atoms. The SMILES string of the molecule is CC(C)NS(=O)(=O)c1ccc(F)c(C(=O)NCCc2nc3ccccc3n2C(C)C)c1. The molecule has 9 heteroatoms. The Morgan fingerprint density at radius 2 is 1.84 bits per heavy atom. The molecular weight excluding hydrogens is 419 g/mol. The summed E-state index contributed by atoms with van der Waals surface area (Å²) in [6.07, 6.45) is 0.452. The van der Waals surface area contributed by atoms with Crippen LogP contribution in [0.5, 0.6) is 0 Å². The van der Waals surface area contributed by atoms with Gasteiger partial charge in [-0.3, -0.25) is 4.79 Å². The average molecular weight is 447 g/mol. The van der Waals surface area contributed by atoms with Crippen LogP contribution in [-0.2, 0) is 16.4 Å². The van der Waals surface area contributed by atoms with Crippen LogP contribution in [0.2, 0.25) is 0 Å². The molecule has 31 heavy (non-hydrogen) atoms. The Morgan fingerprint density at radius 1 is 1.13 bits per heavy atom. The van der Waals surface area contributed by atoms with Crippen LogP contribution in [0.1, 0.15) is 49.9 Å². The van der Waals surface area contributed by atoms with Gasteiger partial charge in [-0.2, -0.15) is 0 Å². The van der Waals surface area contributed by atoms with Gasteiger partial charge in [-0.1, -0.05) is 12.1 Å². The Balaban J connectivity index is 1.76. The molecule has 0 saturated carbocycles. The second-order valence-corrected chi connectivity index (χ2v) is 9.62. The van der Waals surface area contributed by atoms with Crippen LogP contribution in [0.4, 0.5) is 4.39 Å². The summed E-state index contributed by atoms with van der Waals surface area (Å²) in [5, 5.41) is 2.67. The highest BCUT2D eigenvalue weighted by molar-refractivity contribution is 7.89. The smallest absolute Gasteiger partial charge is 0.254 e. The van der Waals surface area contributed by atoms with Crippen molar-refractivity contribution in [1.29, 1.82) is 0 Å². The van der Waals surface area contributed by atoms with Crippen LogP contribution in [0, 0.1) is 5.82 Å². The zero-order valence-electron chi connectivity index (χ0n) is 18.0. The van der Waals surface area contributed by atoms with Crippen molar-refractivity contribution in [1.82, 2.24) is 19.6 Å². The van der Waals surface area contributed by atoms with Crippen molar-refractivity contribution >= 4 is 27.0 Å². The lowest BCUT2D eigenvalue weighted by Crippen LogP contribution is -2.31. The molecule has 1 aromatic heterocycles. The molecule has 3 aromatic rings. The number of hydrogen-bond donors (Lipinski definition) is 2. The van der Waals surface area contributed by atoms with E-state index in [9.17, 15) is 17.6 Å². The summed E-state index contributed by atoms with van der Waals surface area (Å²) in [7, 11) is -3.84. The Labute approximate surface area is 181 Å². The highest BCUT2D eigenvalue weighted by Crippen LogP contribution is 2.21. The van der Waals surface area contributed by atoms with Gasteiger partial charge in [0.25, 0.3) is 5.91 Å². The summed E-state index contributed by atoms with van der Waals surface area (Å²) in [5.41, 5.74) is 1.57. The number of amides is 1. The first-order valence-electron chi connectivity index (χ1n) is 10.2. The third kappa shape index (κ3) is 5.11. The van der Waals surface area contributed by atoms with Crippen molar-refractivity contribution < 1.29 is 17.6 Å². The third-order valence-corrected chi connectivity index (χ3v) is 6.36. The topological polar surface area (TPSA) is 93.1 Å². The highest BCUT2D eigenvalue weighted by atomic mass is 32.2. The molecule has 3 rings (SSSR count). The number of rotatable bonds is 8. The predicted molar refractivity (Wildman–Crippen MR) is 118 cm³/mol. The van der Waals surface area contributed by atoms with E-state index in [0.29, 0.717) is 6.42 Å². The average Bonchev–Trinajstić information content (AvgIpc) is 3.05. The lowest BCUT2D eigenvalue weighted by Gasteiger charge is -2.14. The first-order chi connectivity index (χ1) is 14.6. The van der Waals surface area contributed by atoms with Gasteiger partial charge >= 0.3 is 0 Å². The van der Waals surface area contributed by atoms with Crippen LogP contribution in [-0.4, -0.2) is 36.5 Å². The van der Waals surface area contributed by atoms with Crippen molar-refractivity contribution in [3.8, 4) is 0 Å². The second kappa shape index (κ2) is 9.15. The minimum absolute atomic E-state index is 0.158. The summed E-state index contributed by atoms with van der Waals surface area (Å²) < 4.78 is 43.4. The fourth-order valence-corrected chi connectivity index (χ4v) is 4.73. The normalized spacial score (nSPS) is 12.1. The second-order valence-electron chi connectivity index (χ2n) is 7.90. The number of hydrogen-bond acceptors (Lipinski definition) is 4. The first kappa shape index (κ1) is 22.9. The van der Waals surface area contributed by atoms with Crippen LogP contribution in [0.15, 0.2) is 47.4 Å². The Hall–Kier alpha value is -2.78. The molecule has 1 heterocycles. The van der Waals surface area contributed by atoms with Crippen molar-refractivity contribution in [2.75, 3.05) is 6.54 Å². The standard InChI is InChI=1S/C22H27FN4O3S/c1-14(2)26-31(29,30)16-9-10-18(23)17(13-16)22(28)24-12-11-21-25-19-7-5-6-8-20(19)27(21)15(3)4/h5-10,13-15,26H,11-12H2,1-4H3,(H,24,28). The van der Waals surface area contributed by atoms with Gasteiger partial charge in [-0.15, -0.1) is 0 Å². The number of benzene rings is 2. The number of nitrogens with one attached hydrogen (secondary N) is 2. The molecule has 0 fully saturated rings. The van der Waals surface area contributed by atoms with Gasteiger partial charge in [0.15, 0.2) is 0 Å². The molecule has 0 bridgehead atoms. The number of halogens is 1. The monoisotopic (exact) mass is 446 g/mol. The molecule has 1 amide bonds.